The van der Waals surface area contributed by atoms with Gasteiger partial charge in [-0.05, 0) is 30.3 Å². The zero-order valence-electron chi connectivity index (χ0n) is 13.9. The van der Waals surface area contributed by atoms with Gasteiger partial charge in [-0.3, -0.25) is 4.79 Å². The zero-order valence-corrected chi connectivity index (χ0v) is 14.7. The van der Waals surface area contributed by atoms with E-state index in [1.165, 1.54) is 11.8 Å². The molecule has 1 aliphatic rings. The lowest BCUT2D eigenvalue weighted by molar-refractivity contribution is -0.115. The molecule has 2 heterocycles. The Hall–Kier alpha value is -3.00. The van der Waals surface area contributed by atoms with Crippen LogP contribution in [0, 0.1) is 0 Å². The summed E-state index contributed by atoms with van der Waals surface area (Å²) >= 11 is 1.21. The SMILES string of the molecule is CN(C(=O)CSc1nnc(-c2ccc3c(c2)OCO3)o1)c1ccccc1. The first kappa shape index (κ1) is 16.5. The van der Waals surface area contributed by atoms with Crippen LogP contribution in [0.4, 0.5) is 5.69 Å². The molecule has 0 unspecified atom stereocenters. The van der Waals surface area contributed by atoms with Gasteiger partial charge >= 0.3 is 0 Å². The number of ether oxygens (including phenoxy) is 2. The normalized spacial score (nSPS) is 12.2. The standard InChI is InChI=1S/C18H15N3O4S/c1-21(13-5-3-2-4-6-13)16(22)10-26-18-20-19-17(25-18)12-7-8-14-15(9-12)24-11-23-14/h2-9H,10-11H2,1H3. The highest BCUT2D eigenvalue weighted by molar-refractivity contribution is 7.99. The molecule has 7 nitrogen and oxygen atoms in total. The molecule has 0 radical (unpaired) electrons. The van der Waals surface area contributed by atoms with E-state index in [-0.39, 0.29) is 18.5 Å². The second-order valence-corrected chi connectivity index (χ2v) is 6.44. The Bertz CT molecular complexity index is 929. The van der Waals surface area contributed by atoms with Gasteiger partial charge in [0.15, 0.2) is 11.5 Å². The predicted octanol–water partition coefficient (Wildman–Crippen LogP) is 3.22. The molecule has 0 fully saturated rings. The van der Waals surface area contributed by atoms with E-state index in [1.54, 1.807) is 24.1 Å². The molecule has 1 aromatic heterocycles. The maximum absolute atomic E-state index is 12.3. The Kier molecular flexibility index (Phi) is 4.49. The topological polar surface area (TPSA) is 77.7 Å². The van der Waals surface area contributed by atoms with Gasteiger partial charge < -0.3 is 18.8 Å². The number of carbonyl (C=O) groups is 1. The summed E-state index contributed by atoms with van der Waals surface area (Å²) in [5.74, 6) is 1.86. The molecule has 0 spiro atoms. The van der Waals surface area contributed by atoms with Gasteiger partial charge in [0, 0.05) is 18.3 Å². The molecule has 0 N–H and O–H groups in total. The van der Waals surface area contributed by atoms with Gasteiger partial charge in [-0.2, -0.15) is 0 Å². The number of hydrogen-bond acceptors (Lipinski definition) is 7. The fraction of sp³-hybridized carbons (Fsp3) is 0.167. The summed E-state index contributed by atoms with van der Waals surface area (Å²) in [6.45, 7) is 0.209. The molecule has 1 aliphatic heterocycles. The Morgan fingerprint density at radius 3 is 2.77 bits per heavy atom. The van der Waals surface area contributed by atoms with Crippen LogP contribution in [0.1, 0.15) is 0 Å². The van der Waals surface area contributed by atoms with Crippen molar-refractivity contribution in [3.05, 3.63) is 48.5 Å². The molecule has 0 bridgehead atoms. The van der Waals surface area contributed by atoms with E-state index >= 15 is 0 Å². The van der Waals surface area contributed by atoms with E-state index in [0.717, 1.165) is 11.3 Å². The Balaban J connectivity index is 1.40. The van der Waals surface area contributed by atoms with E-state index in [2.05, 4.69) is 10.2 Å². The number of nitrogens with zero attached hydrogens (tertiary/aromatic N) is 3. The molecule has 1 amide bonds. The van der Waals surface area contributed by atoms with Crippen LogP contribution >= 0.6 is 11.8 Å². The summed E-state index contributed by atoms with van der Waals surface area (Å²) in [5, 5.41) is 8.37. The molecule has 0 atom stereocenters. The van der Waals surface area contributed by atoms with Crippen LogP contribution < -0.4 is 14.4 Å². The Labute approximate surface area is 153 Å². The molecule has 26 heavy (non-hydrogen) atoms. The average Bonchev–Trinajstić information content (AvgIpc) is 3.34. The summed E-state index contributed by atoms with van der Waals surface area (Å²) in [6, 6.07) is 14.9. The van der Waals surface area contributed by atoms with Crippen molar-refractivity contribution >= 4 is 23.4 Å². The van der Waals surface area contributed by atoms with E-state index in [1.807, 2.05) is 36.4 Å². The Morgan fingerprint density at radius 2 is 1.92 bits per heavy atom. The van der Waals surface area contributed by atoms with Crippen LogP contribution in [0.3, 0.4) is 0 Å². The van der Waals surface area contributed by atoms with E-state index < -0.39 is 0 Å². The maximum Gasteiger partial charge on any atom is 0.277 e. The van der Waals surface area contributed by atoms with Crippen LogP contribution in [0.2, 0.25) is 0 Å². The van der Waals surface area contributed by atoms with E-state index in [9.17, 15) is 4.79 Å². The maximum atomic E-state index is 12.3. The zero-order chi connectivity index (χ0) is 17.9. The quantitative estimate of drug-likeness (QED) is 0.639. The first-order valence-electron chi connectivity index (χ1n) is 7.88. The molecule has 2 aromatic carbocycles. The number of benzene rings is 2. The minimum absolute atomic E-state index is 0.0518. The highest BCUT2D eigenvalue weighted by Crippen LogP contribution is 2.36. The summed E-state index contributed by atoms with van der Waals surface area (Å²) in [6.07, 6.45) is 0. The molecule has 0 saturated heterocycles. The summed E-state index contributed by atoms with van der Waals surface area (Å²) < 4.78 is 16.3. The van der Waals surface area contributed by atoms with Crippen LogP contribution in [0.25, 0.3) is 11.5 Å². The number of fused-ring (bicyclic) bond motifs is 1. The monoisotopic (exact) mass is 369 g/mol. The van der Waals surface area contributed by atoms with Crippen molar-refractivity contribution in [3.63, 3.8) is 0 Å². The number of rotatable bonds is 5. The fourth-order valence-corrected chi connectivity index (χ4v) is 3.11. The van der Waals surface area contributed by atoms with E-state index in [0.29, 0.717) is 22.6 Å². The van der Waals surface area contributed by atoms with Gasteiger partial charge in [0.25, 0.3) is 5.22 Å². The fourth-order valence-electron chi connectivity index (χ4n) is 2.43. The number of aromatic nitrogens is 2. The molecule has 3 aromatic rings. The van der Waals surface area contributed by atoms with Crippen LogP contribution in [-0.4, -0.2) is 35.7 Å². The van der Waals surface area contributed by atoms with Gasteiger partial charge in [-0.1, -0.05) is 30.0 Å². The third-order valence-corrected chi connectivity index (χ3v) is 4.67. The molecule has 132 valence electrons. The molecule has 0 aliphatic carbocycles. The Morgan fingerprint density at radius 1 is 1.12 bits per heavy atom. The number of amides is 1. The lowest BCUT2D eigenvalue weighted by Crippen LogP contribution is -2.27. The number of hydrogen-bond donors (Lipinski definition) is 0. The van der Waals surface area contributed by atoms with Crippen molar-refractivity contribution in [2.24, 2.45) is 0 Å². The van der Waals surface area contributed by atoms with E-state index in [4.69, 9.17) is 13.9 Å². The molecular weight excluding hydrogens is 354 g/mol. The highest BCUT2D eigenvalue weighted by atomic mass is 32.2. The first-order valence-corrected chi connectivity index (χ1v) is 8.87. The average molecular weight is 369 g/mol. The van der Waals surface area contributed by atoms with Gasteiger partial charge in [0.1, 0.15) is 0 Å². The number of para-hydroxylation sites is 1. The number of thioether (sulfide) groups is 1. The van der Waals surface area contributed by atoms with Gasteiger partial charge in [-0.15, -0.1) is 10.2 Å². The lowest BCUT2D eigenvalue weighted by atomic mass is 10.2. The summed E-state index contributed by atoms with van der Waals surface area (Å²) in [5.41, 5.74) is 1.58. The van der Waals surface area contributed by atoms with Crippen LogP contribution in [-0.2, 0) is 4.79 Å². The lowest BCUT2D eigenvalue weighted by Gasteiger charge is -2.16. The highest BCUT2D eigenvalue weighted by Gasteiger charge is 2.18. The molecule has 4 rings (SSSR count). The van der Waals surface area contributed by atoms with Crippen molar-refractivity contribution < 1.29 is 18.7 Å². The third kappa shape index (κ3) is 3.36. The minimum Gasteiger partial charge on any atom is -0.454 e. The molecule has 0 saturated carbocycles. The van der Waals surface area contributed by atoms with Crippen LogP contribution in [0.15, 0.2) is 58.2 Å². The smallest absolute Gasteiger partial charge is 0.277 e. The van der Waals surface area contributed by atoms with Crippen molar-refractivity contribution in [1.29, 1.82) is 0 Å². The largest absolute Gasteiger partial charge is 0.454 e. The summed E-state index contributed by atoms with van der Waals surface area (Å²) in [7, 11) is 1.74. The van der Waals surface area contributed by atoms with Gasteiger partial charge in [-0.25, -0.2) is 0 Å². The molecule has 8 heteroatoms. The van der Waals surface area contributed by atoms with Gasteiger partial charge in [0.05, 0.1) is 5.75 Å². The minimum atomic E-state index is -0.0518. The predicted molar refractivity (Wildman–Crippen MR) is 96.4 cm³/mol. The number of carbonyl (C=O) groups excluding carboxylic acids is 1. The van der Waals surface area contributed by atoms with Crippen LogP contribution in [0.5, 0.6) is 11.5 Å². The van der Waals surface area contributed by atoms with Crippen molar-refractivity contribution in [2.45, 2.75) is 5.22 Å². The third-order valence-electron chi connectivity index (χ3n) is 3.86. The summed E-state index contributed by atoms with van der Waals surface area (Å²) in [4.78, 5) is 13.9. The van der Waals surface area contributed by atoms with Crippen molar-refractivity contribution in [1.82, 2.24) is 10.2 Å². The molecular formula is C18H15N3O4S. The number of anilines is 1. The second kappa shape index (κ2) is 7.09. The second-order valence-electron chi connectivity index (χ2n) is 5.52. The van der Waals surface area contributed by atoms with Crippen molar-refractivity contribution in [3.8, 4) is 23.0 Å². The van der Waals surface area contributed by atoms with Crippen molar-refractivity contribution in [2.75, 3.05) is 24.5 Å². The van der Waals surface area contributed by atoms with Gasteiger partial charge in [0.2, 0.25) is 18.6 Å². The first-order chi connectivity index (χ1) is 12.7.